The van der Waals surface area contributed by atoms with Crippen LogP contribution < -0.4 is 15.0 Å². The molecule has 2 aromatic rings. The fourth-order valence-electron chi connectivity index (χ4n) is 3.47. The van der Waals surface area contributed by atoms with E-state index >= 15 is 0 Å². The first-order valence-corrected chi connectivity index (χ1v) is 9.94. The van der Waals surface area contributed by atoms with Gasteiger partial charge in [0.1, 0.15) is 5.75 Å². The average molecular weight is 421 g/mol. The molecule has 1 heterocycles. The number of halogens is 3. The van der Waals surface area contributed by atoms with Crippen LogP contribution in [-0.2, 0) is 6.54 Å². The van der Waals surface area contributed by atoms with Gasteiger partial charge >= 0.3 is 6.36 Å². The summed E-state index contributed by atoms with van der Waals surface area (Å²) in [5.41, 5.74) is 1.76. The van der Waals surface area contributed by atoms with Gasteiger partial charge in [-0.1, -0.05) is 18.2 Å². The number of alkyl halides is 3. The highest BCUT2D eigenvalue weighted by Crippen LogP contribution is 2.26. The summed E-state index contributed by atoms with van der Waals surface area (Å²) in [7, 11) is 0. The van der Waals surface area contributed by atoms with Crippen molar-refractivity contribution < 1.29 is 22.7 Å². The molecule has 1 fully saturated rings. The molecule has 0 saturated carbocycles. The second-order valence-corrected chi connectivity index (χ2v) is 7.50. The Morgan fingerprint density at radius 3 is 2.27 bits per heavy atom. The van der Waals surface area contributed by atoms with Crippen molar-refractivity contribution in [2.24, 2.45) is 0 Å². The Hall–Kier alpha value is -2.74. The van der Waals surface area contributed by atoms with E-state index in [-0.39, 0.29) is 23.8 Å². The first-order chi connectivity index (χ1) is 14.2. The molecule has 5 nitrogen and oxygen atoms in total. The van der Waals surface area contributed by atoms with E-state index in [1.807, 2.05) is 12.1 Å². The van der Waals surface area contributed by atoms with E-state index in [9.17, 15) is 18.0 Å². The molecule has 2 aromatic carbocycles. The van der Waals surface area contributed by atoms with Crippen LogP contribution in [0.2, 0.25) is 0 Å². The third-order valence-electron chi connectivity index (χ3n) is 5.18. The van der Waals surface area contributed by atoms with E-state index in [1.165, 1.54) is 18.2 Å². The molecule has 0 radical (unpaired) electrons. The number of ether oxygens (including phenoxy) is 1. The SMILES string of the molecule is CC(C)N1CCN(c2ccc(C(=O)NCc3ccccc3OC(F)(F)F)cc2)CC1. The van der Waals surface area contributed by atoms with Gasteiger partial charge in [0.2, 0.25) is 0 Å². The van der Waals surface area contributed by atoms with Crippen molar-refractivity contribution in [2.75, 3.05) is 31.1 Å². The lowest BCUT2D eigenvalue weighted by Crippen LogP contribution is -2.48. The molecule has 0 unspecified atom stereocenters. The van der Waals surface area contributed by atoms with Crippen LogP contribution >= 0.6 is 0 Å². The van der Waals surface area contributed by atoms with Gasteiger partial charge in [0.25, 0.3) is 5.91 Å². The smallest absolute Gasteiger partial charge is 0.405 e. The Morgan fingerprint density at radius 2 is 1.67 bits per heavy atom. The van der Waals surface area contributed by atoms with Gasteiger partial charge in [-0.25, -0.2) is 0 Å². The Labute approximate surface area is 174 Å². The number of nitrogens with zero attached hydrogens (tertiary/aromatic N) is 2. The zero-order valence-electron chi connectivity index (χ0n) is 17.1. The summed E-state index contributed by atoms with van der Waals surface area (Å²) in [6, 6.07) is 13.6. The predicted molar refractivity (Wildman–Crippen MR) is 110 cm³/mol. The third kappa shape index (κ3) is 5.89. The van der Waals surface area contributed by atoms with Gasteiger partial charge in [0.15, 0.2) is 0 Å². The Morgan fingerprint density at radius 1 is 1.03 bits per heavy atom. The quantitative estimate of drug-likeness (QED) is 0.765. The number of anilines is 1. The summed E-state index contributed by atoms with van der Waals surface area (Å²) < 4.78 is 41.6. The number of benzene rings is 2. The number of hydrogen-bond acceptors (Lipinski definition) is 4. The summed E-state index contributed by atoms with van der Waals surface area (Å²) in [6.07, 6.45) is -4.78. The van der Waals surface area contributed by atoms with Gasteiger partial charge in [-0.15, -0.1) is 13.2 Å². The van der Waals surface area contributed by atoms with Crippen molar-refractivity contribution in [2.45, 2.75) is 32.8 Å². The van der Waals surface area contributed by atoms with E-state index in [1.54, 1.807) is 18.2 Å². The Balaban J connectivity index is 1.57. The van der Waals surface area contributed by atoms with Crippen LogP contribution in [0.3, 0.4) is 0 Å². The van der Waals surface area contributed by atoms with E-state index in [0.717, 1.165) is 31.9 Å². The first-order valence-electron chi connectivity index (χ1n) is 9.94. The second kappa shape index (κ2) is 9.38. The first kappa shape index (κ1) is 22.0. The van der Waals surface area contributed by atoms with Crippen LogP contribution in [0.15, 0.2) is 48.5 Å². The van der Waals surface area contributed by atoms with Crippen molar-refractivity contribution >= 4 is 11.6 Å². The predicted octanol–water partition coefficient (Wildman–Crippen LogP) is 4.05. The lowest BCUT2D eigenvalue weighted by molar-refractivity contribution is -0.274. The summed E-state index contributed by atoms with van der Waals surface area (Å²) >= 11 is 0. The Kier molecular flexibility index (Phi) is 6.87. The highest BCUT2D eigenvalue weighted by molar-refractivity contribution is 5.94. The zero-order chi connectivity index (χ0) is 21.7. The van der Waals surface area contributed by atoms with Crippen LogP contribution in [0.1, 0.15) is 29.8 Å². The van der Waals surface area contributed by atoms with Crippen molar-refractivity contribution in [1.82, 2.24) is 10.2 Å². The highest BCUT2D eigenvalue weighted by Gasteiger charge is 2.32. The Bertz CT molecular complexity index is 845. The van der Waals surface area contributed by atoms with Crippen LogP contribution in [0.4, 0.5) is 18.9 Å². The molecule has 8 heteroatoms. The molecule has 162 valence electrons. The van der Waals surface area contributed by atoms with Crippen LogP contribution in [-0.4, -0.2) is 49.4 Å². The normalized spacial score (nSPS) is 15.3. The topological polar surface area (TPSA) is 44.8 Å². The second-order valence-electron chi connectivity index (χ2n) is 7.50. The molecule has 1 amide bonds. The number of nitrogens with one attached hydrogen (secondary N) is 1. The molecule has 0 aromatic heterocycles. The molecule has 1 aliphatic heterocycles. The minimum absolute atomic E-state index is 0.0655. The molecular weight excluding hydrogens is 395 g/mol. The lowest BCUT2D eigenvalue weighted by atomic mass is 10.1. The van der Waals surface area contributed by atoms with E-state index < -0.39 is 6.36 Å². The van der Waals surface area contributed by atoms with Gasteiger partial charge in [0.05, 0.1) is 0 Å². The zero-order valence-corrected chi connectivity index (χ0v) is 17.1. The van der Waals surface area contributed by atoms with Gasteiger partial charge < -0.3 is 15.0 Å². The number of rotatable bonds is 6. The lowest BCUT2D eigenvalue weighted by Gasteiger charge is -2.38. The average Bonchev–Trinajstić information content (AvgIpc) is 2.72. The molecule has 0 aliphatic carbocycles. The summed E-state index contributed by atoms with van der Waals surface area (Å²) in [5.74, 6) is -0.672. The molecular formula is C22H26F3N3O2. The molecule has 1 saturated heterocycles. The molecule has 0 spiro atoms. The molecule has 0 bridgehead atoms. The van der Waals surface area contributed by atoms with Crippen LogP contribution in [0, 0.1) is 0 Å². The van der Waals surface area contributed by atoms with Crippen molar-refractivity contribution in [1.29, 1.82) is 0 Å². The summed E-state index contributed by atoms with van der Waals surface area (Å²) in [6.45, 7) is 8.18. The highest BCUT2D eigenvalue weighted by atomic mass is 19.4. The number of carbonyl (C=O) groups excluding carboxylic acids is 1. The van der Waals surface area contributed by atoms with Crippen molar-refractivity contribution in [3.63, 3.8) is 0 Å². The summed E-state index contributed by atoms with van der Waals surface area (Å²) in [4.78, 5) is 17.1. The maximum atomic E-state index is 12.5. The maximum Gasteiger partial charge on any atom is 0.573 e. The number of hydrogen-bond donors (Lipinski definition) is 1. The van der Waals surface area contributed by atoms with E-state index in [2.05, 4.69) is 33.7 Å². The van der Waals surface area contributed by atoms with Crippen LogP contribution in [0.5, 0.6) is 5.75 Å². The van der Waals surface area contributed by atoms with Gasteiger partial charge in [0, 0.05) is 55.6 Å². The molecule has 0 atom stereocenters. The minimum Gasteiger partial charge on any atom is -0.405 e. The fraction of sp³-hybridized carbons (Fsp3) is 0.409. The molecule has 1 N–H and O–H groups in total. The van der Waals surface area contributed by atoms with E-state index in [0.29, 0.717) is 11.6 Å². The number of carbonyl (C=O) groups is 1. The van der Waals surface area contributed by atoms with Crippen molar-refractivity contribution in [3.8, 4) is 5.75 Å². The number of para-hydroxylation sites is 1. The third-order valence-corrected chi connectivity index (χ3v) is 5.18. The van der Waals surface area contributed by atoms with Crippen LogP contribution in [0.25, 0.3) is 0 Å². The number of amides is 1. The molecule has 30 heavy (non-hydrogen) atoms. The fourth-order valence-corrected chi connectivity index (χ4v) is 3.47. The number of piperazine rings is 1. The standard InChI is InChI=1S/C22H26F3N3O2/c1-16(2)27-11-13-28(14-12-27)19-9-7-17(8-10-19)21(29)26-15-18-5-3-4-6-20(18)30-22(23,24)25/h3-10,16H,11-15H2,1-2H3,(H,26,29). The molecule has 3 rings (SSSR count). The van der Waals surface area contributed by atoms with Gasteiger partial charge in [-0.2, -0.15) is 0 Å². The van der Waals surface area contributed by atoms with Gasteiger partial charge in [-0.05, 0) is 44.2 Å². The maximum absolute atomic E-state index is 12.5. The van der Waals surface area contributed by atoms with E-state index in [4.69, 9.17) is 0 Å². The minimum atomic E-state index is -4.78. The summed E-state index contributed by atoms with van der Waals surface area (Å²) in [5, 5.41) is 2.65. The van der Waals surface area contributed by atoms with Crippen molar-refractivity contribution in [3.05, 3.63) is 59.7 Å². The largest absolute Gasteiger partial charge is 0.573 e. The monoisotopic (exact) mass is 421 g/mol. The van der Waals surface area contributed by atoms with Gasteiger partial charge in [-0.3, -0.25) is 9.69 Å². The molecule has 1 aliphatic rings.